The number of phosphoric acid groups is 3. The van der Waals surface area contributed by atoms with Gasteiger partial charge in [-0.25, -0.2) is 32.4 Å². The number of hydrogen-bond acceptors (Lipinski definition) is 12. The van der Waals surface area contributed by atoms with E-state index in [2.05, 4.69) is 23.1 Å². The van der Waals surface area contributed by atoms with E-state index in [4.69, 9.17) is 31.6 Å². The van der Waals surface area contributed by atoms with Crippen LogP contribution in [0.2, 0.25) is 0 Å². The summed E-state index contributed by atoms with van der Waals surface area (Å²) in [7, 11) is -17.5. The van der Waals surface area contributed by atoms with Crippen LogP contribution in [0.1, 0.15) is 6.23 Å². The molecule has 0 saturated carbocycles. The van der Waals surface area contributed by atoms with Crippen LogP contribution in [0.25, 0.3) is 11.0 Å². The zero-order chi connectivity index (χ0) is 26.6. The van der Waals surface area contributed by atoms with Gasteiger partial charge in [0.25, 0.3) is 5.85 Å². The fraction of sp³-hybridized carbons (Fsp3) is 0.385. The van der Waals surface area contributed by atoms with Crippen molar-refractivity contribution >= 4 is 40.3 Å². The second-order valence-corrected chi connectivity index (χ2v) is 11.3. The van der Waals surface area contributed by atoms with Gasteiger partial charge in [-0.05, 0) is 0 Å². The van der Waals surface area contributed by atoms with E-state index in [1.54, 1.807) is 5.92 Å². The van der Waals surface area contributed by atoms with Gasteiger partial charge in [0, 0.05) is 6.20 Å². The Labute approximate surface area is 192 Å². The lowest BCUT2D eigenvalue weighted by Crippen LogP contribution is -2.50. The van der Waals surface area contributed by atoms with Gasteiger partial charge in [0.05, 0.1) is 5.39 Å². The molecule has 3 heterocycles. The first-order valence-corrected chi connectivity index (χ1v) is 13.2. The Balaban J connectivity index is 1.90. The molecule has 1 aliphatic rings. The third-order valence-electron chi connectivity index (χ3n) is 4.43. The lowest BCUT2D eigenvalue weighted by molar-refractivity contribution is -0.203. The van der Waals surface area contributed by atoms with Crippen LogP contribution in [0.3, 0.4) is 0 Å². The van der Waals surface area contributed by atoms with E-state index in [0.717, 1.165) is 6.33 Å². The summed E-state index contributed by atoms with van der Waals surface area (Å²) in [5.74, 6) is -3.42. The SMILES string of the molecule is C#C[C@]1(O)[C@H](n2cc(F)c3c(N)ncnc32)O[C@](F)(COP(=O)(O)OP(=O)(O)OP(=O)(O)O)[C@H]1O. The number of anilines is 1. The number of nitrogens with zero attached hydrogens (tertiary/aromatic N) is 3. The Kier molecular flexibility index (Phi) is 7.05. The molecule has 0 bridgehead atoms. The average molecular weight is 566 g/mol. The molecule has 2 unspecified atom stereocenters. The molecule has 2 aromatic heterocycles. The molecule has 0 radical (unpaired) electrons. The first-order valence-electron chi connectivity index (χ1n) is 8.64. The van der Waals surface area contributed by atoms with Crippen molar-refractivity contribution in [2.24, 2.45) is 0 Å². The monoisotopic (exact) mass is 566 g/mol. The van der Waals surface area contributed by atoms with Crippen molar-refractivity contribution in [2.75, 3.05) is 12.3 Å². The fourth-order valence-corrected chi connectivity index (χ4v) is 6.08. The number of aliphatic hydroxyl groups is 2. The molecule has 0 spiro atoms. The highest BCUT2D eigenvalue weighted by Gasteiger charge is 2.66. The number of nitrogens with two attached hydrogens (primary N) is 1. The summed E-state index contributed by atoms with van der Waals surface area (Å²) in [5.41, 5.74) is 2.21. The molecule has 6 atom stereocenters. The largest absolute Gasteiger partial charge is 0.490 e. The van der Waals surface area contributed by atoms with E-state index in [9.17, 15) is 33.2 Å². The molecule has 8 N–H and O–H groups in total. The minimum absolute atomic E-state index is 0.354. The highest BCUT2D eigenvalue weighted by molar-refractivity contribution is 7.66. The Morgan fingerprint density at radius 3 is 2.43 bits per heavy atom. The number of phosphoric ester groups is 1. The first-order chi connectivity index (χ1) is 15.8. The summed E-state index contributed by atoms with van der Waals surface area (Å²) in [6.07, 6.45) is 1.80. The van der Waals surface area contributed by atoms with Gasteiger partial charge in [-0.1, -0.05) is 5.92 Å². The maximum atomic E-state index is 15.5. The Bertz CT molecular complexity index is 1350. The van der Waals surface area contributed by atoms with Crippen LogP contribution in [0.5, 0.6) is 0 Å². The smallest absolute Gasteiger partial charge is 0.383 e. The van der Waals surface area contributed by atoms with E-state index < -0.39 is 59.7 Å². The summed E-state index contributed by atoms with van der Waals surface area (Å²) >= 11 is 0. The van der Waals surface area contributed by atoms with E-state index in [-0.39, 0.29) is 16.9 Å². The molecule has 17 nitrogen and oxygen atoms in total. The number of aromatic nitrogens is 3. The fourth-order valence-electron chi connectivity index (χ4n) is 3.05. The number of terminal acetylenes is 1. The average Bonchev–Trinajstić information content (AvgIpc) is 3.13. The molecule has 0 amide bonds. The Hall–Kier alpha value is -1.87. The number of aliphatic hydroxyl groups excluding tert-OH is 1. The number of hydrogen-bond donors (Lipinski definition) is 7. The second-order valence-electron chi connectivity index (χ2n) is 6.83. The molecule has 0 aliphatic carbocycles. The third-order valence-corrected chi connectivity index (χ3v) is 8.21. The third kappa shape index (κ3) is 5.45. The van der Waals surface area contributed by atoms with Gasteiger partial charge in [-0.15, -0.1) is 6.42 Å². The van der Waals surface area contributed by atoms with Gasteiger partial charge >= 0.3 is 23.5 Å². The number of alkyl halides is 1. The van der Waals surface area contributed by atoms with Crippen LogP contribution in [0.4, 0.5) is 14.6 Å². The van der Waals surface area contributed by atoms with Crippen LogP contribution in [-0.4, -0.2) is 68.5 Å². The quantitative estimate of drug-likeness (QED) is 0.156. The van der Waals surface area contributed by atoms with Gasteiger partial charge in [-0.2, -0.15) is 8.62 Å². The van der Waals surface area contributed by atoms with Crippen LogP contribution in [-0.2, 0) is 31.6 Å². The van der Waals surface area contributed by atoms with Crippen LogP contribution in [0.15, 0.2) is 12.5 Å². The number of fused-ring (bicyclic) bond motifs is 1. The minimum atomic E-state index is -5.94. The maximum Gasteiger partial charge on any atom is 0.490 e. The van der Waals surface area contributed by atoms with E-state index >= 15 is 4.39 Å². The lowest BCUT2D eigenvalue weighted by atomic mass is 9.94. The zero-order valence-electron chi connectivity index (χ0n) is 16.7. The predicted octanol–water partition coefficient (Wildman–Crippen LogP) is -0.584. The summed E-state index contributed by atoms with van der Waals surface area (Å²) in [6, 6.07) is 0. The van der Waals surface area contributed by atoms with Crippen molar-refractivity contribution in [1.29, 1.82) is 0 Å². The number of ether oxygens (including phenoxy) is 1. The molecule has 1 saturated heterocycles. The van der Waals surface area contributed by atoms with E-state index in [1.807, 2.05) is 0 Å². The van der Waals surface area contributed by atoms with Gasteiger partial charge in [0.2, 0.25) is 5.60 Å². The Morgan fingerprint density at radius 2 is 1.86 bits per heavy atom. The number of nitrogen functional groups attached to an aromatic ring is 1. The van der Waals surface area contributed by atoms with Crippen molar-refractivity contribution < 1.29 is 70.1 Å². The van der Waals surface area contributed by atoms with Gasteiger partial charge in [-0.3, -0.25) is 9.09 Å². The summed E-state index contributed by atoms with van der Waals surface area (Å²) in [6.45, 7) is -1.84. The normalized spacial score (nSPS) is 30.6. The van der Waals surface area contributed by atoms with Gasteiger partial charge in [0.1, 0.15) is 18.8 Å². The summed E-state index contributed by atoms with van der Waals surface area (Å²) in [4.78, 5) is 42.9. The molecular formula is C13H15F2N4O13P3. The van der Waals surface area contributed by atoms with Crippen molar-refractivity contribution in [3.63, 3.8) is 0 Å². The molecule has 35 heavy (non-hydrogen) atoms. The molecule has 2 aromatic rings. The van der Waals surface area contributed by atoms with Crippen LogP contribution < -0.4 is 5.73 Å². The Morgan fingerprint density at radius 1 is 1.23 bits per heavy atom. The van der Waals surface area contributed by atoms with Crippen molar-refractivity contribution in [3.05, 3.63) is 18.3 Å². The van der Waals surface area contributed by atoms with Crippen molar-refractivity contribution in [3.8, 4) is 12.3 Å². The standard InChI is InChI=1S/C13H15F2N4O13P3/c1-2-12(21)10(20)13(15,4-29-34(25,26)32-35(27,28)31-33(22,23)24)30-11(12)19-3-6(14)7-8(16)17-5-18-9(7)19/h1,3,5,10-11,20-21H,4H2,(H,25,26)(H,27,28)(H2,16,17,18)(H2,22,23,24)/t10-,11+,12+,13+/m0/s1. The highest BCUT2D eigenvalue weighted by Crippen LogP contribution is 2.66. The van der Waals surface area contributed by atoms with Gasteiger partial charge < -0.3 is 40.3 Å². The first kappa shape index (κ1) is 27.7. The zero-order valence-corrected chi connectivity index (χ0v) is 19.3. The van der Waals surface area contributed by atoms with Crippen molar-refractivity contribution in [1.82, 2.24) is 14.5 Å². The number of rotatable bonds is 8. The molecule has 194 valence electrons. The maximum absolute atomic E-state index is 15.5. The van der Waals surface area contributed by atoms with E-state index in [0.29, 0.717) is 10.8 Å². The molecular weight excluding hydrogens is 551 g/mol. The minimum Gasteiger partial charge on any atom is -0.383 e. The number of halogens is 2. The molecule has 3 rings (SSSR count). The predicted molar refractivity (Wildman–Crippen MR) is 105 cm³/mol. The molecule has 0 aromatic carbocycles. The topological polar surface area (TPSA) is 266 Å². The lowest BCUT2D eigenvalue weighted by Gasteiger charge is -2.27. The van der Waals surface area contributed by atoms with Crippen LogP contribution >= 0.6 is 23.5 Å². The second kappa shape index (κ2) is 8.91. The molecule has 22 heteroatoms. The highest BCUT2D eigenvalue weighted by atomic mass is 31.3. The van der Waals surface area contributed by atoms with Crippen LogP contribution in [0, 0.1) is 18.2 Å². The van der Waals surface area contributed by atoms with E-state index in [1.165, 1.54) is 0 Å². The van der Waals surface area contributed by atoms with Crippen molar-refractivity contribution in [2.45, 2.75) is 23.8 Å². The molecule has 1 fully saturated rings. The summed E-state index contributed by atoms with van der Waals surface area (Å²) in [5, 5.41) is 20.7. The van der Waals surface area contributed by atoms with Gasteiger partial charge in [0.15, 0.2) is 23.8 Å². The summed E-state index contributed by atoms with van der Waals surface area (Å²) < 4.78 is 80.4. The molecule has 1 aliphatic heterocycles.